The summed E-state index contributed by atoms with van der Waals surface area (Å²) in [5, 5.41) is 12.5. The quantitative estimate of drug-likeness (QED) is 0.620. The van der Waals surface area contributed by atoms with Gasteiger partial charge in [-0.2, -0.15) is 0 Å². The molecule has 0 amide bonds. The fraction of sp³-hybridized carbons (Fsp3) is 0.600. The molecule has 3 heteroatoms. The number of nitrogens with one attached hydrogen (secondary N) is 1. The second kappa shape index (κ2) is 6.07. The third kappa shape index (κ3) is 3.37. The number of hydrogen-bond donors (Lipinski definition) is 2. The highest BCUT2D eigenvalue weighted by Crippen LogP contribution is 2.28. The molecule has 0 aromatic heterocycles. The average molecular weight is 251 g/mol. The number of anilines is 1. The molecule has 0 aliphatic heterocycles. The van der Waals surface area contributed by atoms with Crippen LogP contribution in [0.15, 0.2) is 18.2 Å². The molecule has 1 aliphatic rings. The van der Waals surface area contributed by atoms with Gasteiger partial charge < -0.3 is 10.4 Å². The topological polar surface area (TPSA) is 32.3 Å². The van der Waals surface area contributed by atoms with Crippen molar-refractivity contribution in [3.8, 4) is 5.75 Å². The number of phenols is 1. The van der Waals surface area contributed by atoms with Crippen LogP contribution in [0.2, 0.25) is 0 Å². The van der Waals surface area contributed by atoms with E-state index >= 15 is 0 Å². The monoisotopic (exact) mass is 251 g/mol. The summed E-state index contributed by atoms with van der Waals surface area (Å²) < 4.78 is 13.2. The number of aromatic hydroxyl groups is 1. The largest absolute Gasteiger partial charge is 0.505 e. The van der Waals surface area contributed by atoms with Crippen molar-refractivity contribution < 1.29 is 9.50 Å². The zero-order valence-corrected chi connectivity index (χ0v) is 11.0. The molecule has 2 N–H and O–H groups in total. The average Bonchev–Trinajstić information content (AvgIpc) is 2.59. The van der Waals surface area contributed by atoms with Gasteiger partial charge in [-0.05, 0) is 37.3 Å². The molecule has 2 nitrogen and oxygen atoms in total. The van der Waals surface area contributed by atoms with Gasteiger partial charge in [-0.1, -0.05) is 26.2 Å². The van der Waals surface area contributed by atoms with Gasteiger partial charge in [-0.3, -0.25) is 0 Å². The Bertz CT molecular complexity index is 394. The maximum absolute atomic E-state index is 13.2. The van der Waals surface area contributed by atoms with E-state index in [-0.39, 0.29) is 5.75 Å². The van der Waals surface area contributed by atoms with Crippen LogP contribution in [0, 0.1) is 11.7 Å². The summed E-state index contributed by atoms with van der Waals surface area (Å²) in [4.78, 5) is 0. The van der Waals surface area contributed by atoms with E-state index in [1.165, 1.54) is 37.8 Å². The van der Waals surface area contributed by atoms with E-state index in [0.717, 1.165) is 24.4 Å². The van der Waals surface area contributed by atoms with Crippen molar-refractivity contribution in [3.63, 3.8) is 0 Å². The van der Waals surface area contributed by atoms with Crippen LogP contribution in [-0.2, 0) is 0 Å². The predicted molar refractivity (Wildman–Crippen MR) is 72.3 cm³/mol. The van der Waals surface area contributed by atoms with Crippen LogP contribution in [0.25, 0.3) is 0 Å². The molecule has 100 valence electrons. The van der Waals surface area contributed by atoms with E-state index in [1.54, 1.807) is 6.07 Å². The lowest BCUT2D eigenvalue weighted by atomic mass is 9.98. The van der Waals surface area contributed by atoms with Crippen molar-refractivity contribution in [2.75, 3.05) is 5.32 Å². The van der Waals surface area contributed by atoms with Crippen LogP contribution >= 0.6 is 0 Å². The molecular weight excluding hydrogens is 229 g/mol. The Labute approximate surface area is 108 Å². The van der Waals surface area contributed by atoms with Gasteiger partial charge in [-0.15, -0.1) is 0 Å². The molecular formula is C15H22FNO. The molecule has 0 saturated heterocycles. The minimum Gasteiger partial charge on any atom is -0.505 e. The molecule has 0 radical (unpaired) electrons. The van der Waals surface area contributed by atoms with Crippen molar-refractivity contribution in [1.29, 1.82) is 0 Å². The highest BCUT2D eigenvalue weighted by Gasteiger charge is 2.17. The van der Waals surface area contributed by atoms with E-state index in [4.69, 9.17) is 5.11 Å². The van der Waals surface area contributed by atoms with E-state index < -0.39 is 5.82 Å². The van der Waals surface area contributed by atoms with Crippen molar-refractivity contribution in [2.45, 2.75) is 51.5 Å². The maximum atomic E-state index is 13.2. The first kappa shape index (κ1) is 13.2. The third-order valence-corrected chi connectivity index (χ3v) is 3.98. The molecule has 1 saturated carbocycles. The summed E-state index contributed by atoms with van der Waals surface area (Å²) in [5.74, 6) is 0.0147. The summed E-state index contributed by atoms with van der Waals surface area (Å²) in [6.07, 6.45) is 7.39. The molecule has 1 aliphatic carbocycles. The summed E-state index contributed by atoms with van der Waals surface area (Å²) in [6.45, 7) is 2.26. The molecule has 2 unspecified atom stereocenters. The Hall–Kier alpha value is -1.25. The molecule has 1 aromatic rings. The van der Waals surface area contributed by atoms with Crippen molar-refractivity contribution in [1.82, 2.24) is 0 Å². The maximum Gasteiger partial charge on any atom is 0.166 e. The van der Waals surface area contributed by atoms with E-state index in [9.17, 15) is 4.39 Å². The zero-order chi connectivity index (χ0) is 13.0. The molecule has 2 atom stereocenters. The van der Waals surface area contributed by atoms with Crippen LogP contribution in [-0.4, -0.2) is 11.1 Å². The Kier molecular flexibility index (Phi) is 4.45. The number of hydrogen-bond acceptors (Lipinski definition) is 2. The van der Waals surface area contributed by atoms with Gasteiger partial charge in [0.2, 0.25) is 0 Å². The SMILES string of the molecule is CCC1CCCC(Nc2ccc(O)c(F)c2)CC1. The second-order valence-corrected chi connectivity index (χ2v) is 5.29. The van der Waals surface area contributed by atoms with Crippen LogP contribution in [0.3, 0.4) is 0 Å². The molecule has 1 fully saturated rings. The Balaban J connectivity index is 1.94. The Morgan fingerprint density at radius 2 is 2.11 bits per heavy atom. The fourth-order valence-electron chi connectivity index (χ4n) is 2.76. The summed E-state index contributed by atoms with van der Waals surface area (Å²) >= 11 is 0. The Morgan fingerprint density at radius 1 is 1.28 bits per heavy atom. The summed E-state index contributed by atoms with van der Waals surface area (Å²) in [5.41, 5.74) is 0.769. The van der Waals surface area contributed by atoms with Gasteiger partial charge in [0.1, 0.15) is 0 Å². The van der Waals surface area contributed by atoms with Crippen molar-refractivity contribution in [2.24, 2.45) is 5.92 Å². The van der Waals surface area contributed by atoms with E-state index in [1.807, 2.05) is 0 Å². The van der Waals surface area contributed by atoms with E-state index in [2.05, 4.69) is 12.2 Å². The van der Waals surface area contributed by atoms with Gasteiger partial charge in [-0.25, -0.2) is 4.39 Å². The van der Waals surface area contributed by atoms with Gasteiger partial charge in [0.15, 0.2) is 11.6 Å². The highest BCUT2D eigenvalue weighted by atomic mass is 19.1. The van der Waals surface area contributed by atoms with Crippen molar-refractivity contribution in [3.05, 3.63) is 24.0 Å². The van der Waals surface area contributed by atoms with Crippen LogP contribution in [0.5, 0.6) is 5.75 Å². The first-order chi connectivity index (χ1) is 8.69. The van der Waals surface area contributed by atoms with Gasteiger partial charge in [0.25, 0.3) is 0 Å². The minimum absolute atomic E-state index is 0.285. The molecule has 18 heavy (non-hydrogen) atoms. The smallest absolute Gasteiger partial charge is 0.166 e. The number of rotatable bonds is 3. The van der Waals surface area contributed by atoms with Gasteiger partial charge >= 0.3 is 0 Å². The lowest BCUT2D eigenvalue weighted by molar-refractivity contribution is 0.432. The number of phenolic OH excluding ortho intramolecular Hbond substituents is 1. The van der Waals surface area contributed by atoms with Crippen LogP contribution in [0.4, 0.5) is 10.1 Å². The Morgan fingerprint density at radius 3 is 2.83 bits per heavy atom. The molecule has 0 heterocycles. The first-order valence-electron chi connectivity index (χ1n) is 6.94. The summed E-state index contributed by atoms with van der Waals surface area (Å²) in [7, 11) is 0. The van der Waals surface area contributed by atoms with Crippen molar-refractivity contribution >= 4 is 5.69 Å². The number of halogens is 1. The molecule has 0 spiro atoms. The van der Waals surface area contributed by atoms with Gasteiger partial charge in [0, 0.05) is 17.8 Å². The highest BCUT2D eigenvalue weighted by molar-refractivity contribution is 5.47. The lowest BCUT2D eigenvalue weighted by Gasteiger charge is -2.18. The standard InChI is InChI=1S/C15H22FNO/c1-2-11-4-3-5-12(7-6-11)17-13-8-9-15(18)14(16)10-13/h8-12,17-18H,2-7H2,1H3. The molecule has 0 bridgehead atoms. The van der Waals surface area contributed by atoms with Crippen LogP contribution in [0.1, 0.15) is 45.4 Å². The van der Waals surface area contributed by atoms with E-state index in [0.29, 0.717) is 6.04 Å². The third-order valence-electron chi connectivity index (χ3n) is 3.98. The van der Waals surface area contributed by atoms with Gasteiger partial charge in [0.05, 0.1) is 0 Å². The fourth-order valence-corrected chi connectivity index (χ4v) is 2.76. The predicted octanol–water partition coefficient (Wildman–Crippen LogP) is 4.30. The van der Waals surface area contributed by atoms with Crippen LogP contribution < -0.4 is 5.32 Å². The normalized spacial score (nSPS) is 24.6. The minimum atomic E-state index is -0.556. The zero-order valence-electron chi connectivity index (χ0n) is 11.0. The molecule has 1 aromatic carbocycles. The second-order valence-electron chi connectivity index (χ2n) is 5.29. The first-order valence-corrected chi connectivity index (χ1v) is 6.94. The molecule has 2 rings (SSSR count). The lowest BCUT2D eigenvalue weighted by Crippen LogP contribution is -2.18. The summed E-state index contributed by atoms with van der Waals surface area (Å²) in [6, 6.07) is 4.95. The number of benzene rings is 1.